The molecule has 0 aliphatic rings. The molecule has 0 aliphatic carbocycles. The van der Waals surface area contributed by atoms with Crippen LogP contribution in [0.15, 0.2) is 0 Å². The van der Waals surface area contributed by atoms with Crippen molar-refractivity contribution in [1.29, 1.82) is 0 Å². The van der Waals surface area contributed by atoms with E-state index >= 15 is 0 Å². The second-order valence-corrected chi connectivity index (χ2v) is 0. The van der Waals surface area contributed by atoms with Gasteiger partial charge in [0.1, 0.15) is 0 Å². The van der Waals surface area contributed by atoms with E-state index in [1.807, 2.05) is 0 Å². The van der Waals surface area contributed by atoms with Gasteiger partial charge in [0.15, 0.2) is 0 Å². The molecule has 0 aromatic heterocycles. The molecule has 0 atom stereocenters. The minimum absolute atomic E-state index is 0. The smallest absolute Gasteiger partial charge is 0 e. The molecular weight excluding hydrogens is 313 g/mol. The first kappa shape index (κ1) is 15.8. The Hall–Kier alpha value is 2.81. The summed E-state index contributed by atoms with van der Waals surface area (Å²) in [6, 6.07) is 0. The van der Waals surface area contributed by atoms with Gasteiger partial charge in [-0.1, -0.05) is 0 Å². The van der Waals surface area contributed by atoms with E-state index in [0.717, 1.165) is 0 Å². The van der Waals surface area contributed by atoms with Crippen molar-refractivity contribution in [3.8, 4) is 0 Å². The minimum atomic E-state index is 0. The SMILES string of the molecule is [O]=[Sn].[Y].[Y]. The third kappa shape index (κ3) is 8.84. The van der Waals surface area contributed by atoms with Crippen LogP contribution in [0.1, 0.15) is 0 Å². The fourth-order valence-corrected chi connectivity index (χ4v) is 0. The molecule has 0 rings (SSSR count). The molecule has 16 valence electrons. The van der Waals surface area contributed by atoms with Crippen LogP contribution >= 0.6 is 0 Å². The minimum Gasteiger partial charge on any atom is 0 e. The first-order valence-corrected chi connectivity index (χ1v) is 1.37. The fourth-order valence-electron chi connectivity index (χ4n) is 0. The van der Waals surface area contributed by atoms with Gasteiger partial charge in [0.2, 0.25) is 0 Å². The van der Waals surface area contributed by atoms with Gasteiger partial charge in [-0.3, -0.25) is 0 Å². The van der Waals surface area contributed by atoms with Gasteiger partial charge in [-0.2, -0.15) is 0 Å². The van der Waals surface area contributed by atoms with Crippen molar-refractivity contribution in [2.45, 2.75) is 0 Å². The average Bonchev–Trinajstić information content (AvgIpc) is 1.00. The molecule has 0 aliphatic heterocycles. The molecule has 0 fully saturated rings. The largest absolute Gasteiger partial charge is 0 e. The molecule has 4 heteroatoms. The zero-order valence-electron chi connectivity index (χ0n) is 2.06. The van der Waals surface area contributed by atoms with Crippen LogP contribution in [0, 0.1) is 0 Å². The molecule has 4 radical (unpaired) electrons. The van der Waals surface area contributed by atoms with Gasteiger partial charge in [-0.15, -0.1) is 0 Å². The maximum atomic E-state index is 8.34. The Morgan fingerprint density at radius 3 is 1.00 bits per heavy atom. The average molecular weight is 313 g/mol. The van der Waals surface area contributed by atoms with Crippen molar-refractivity contribution >= 4 is 22.5 Å². The standard InChI is InChI=1S/O.Sn.2Y. The van der Waals surface area contributed by atoms with Gasteiger partial charge in [-0.25, -0.2) is 0 Å². The predicted molar refractivity (Wildman–Crippen MR) is 6.44 cm³/mol. The molecular formula is OSnY2. The topological polar surface area (TPSA) is 17.1 Å². The molecule has 0 saturated heterocycles. The summed E-state index contributed by atoms with van der Waals surface area (Å²) in [6.45, 7) is 0. The third-order valence-electron chi connectivity index (χ3n) is 0. The zero-order chi connectivity index (χ0) is 2.00. The van der Waals surface area contributed by atoms with Crippen molar-refractivity contribution in [3.63, 3.8) is 0 Å². The summed E-state index contributed by atoms with van der Waals surface area (Å²) < 4.78 is 8.34. The van der Waals surface area contributed by atoms with Gasteiger partial charge in [0, 0.05) is 65.4 Å². The molecule has 0 aromatic carbocycles. The maximum Gasteiger partial charge on any atom is 0 e. The van der Waals surface area contributed by atoms with Crippen LogP contribution in [0.4, 0.5) is 0 Å². The molecule has 0 heterocycles. The molecule has 0 saturated carbocycles. The number of rotatable bonds is 0. The van der Waals surface area contributed by atoms with Crippen LogP contribution in [0.2, 0.25) is 0 Å². The summed E-state index contributed by atoms with van der Waals surface area (Å²) in [7, 11) is 0. The molecule has 0 aromatic rings. The summed E-state index contributed by atoms with van der Waals surface area (Å²) in [6.07, 6.45) is 0. The summed E-state index contributed by atoms with van der Waals surface area (Å²) in [5, 5.41) is 0. The van der Waals surface area contributed by atoms with Crippen LogP contribution in [-0.2, 0) is 68.5 Å². The van der Waals surface area contributed by atoms with Crippen LogP contribution in [0.25, 0.3) is 0 Å². The molecule has 4 heavy (non-hydrogen) atoms. The first-order chi connectivity index (χ1) is 1.00. The second-order valence-electron chi connectivity index (χ2n) is 0. The Morgan fingerprint density at radius 1 is 1.00 bits per heavy atom. The Bertz CT molecular complexity index is 6.00. The van der Waals surface area contributed by atoms with Gasteiger partial charge >= 0.3 is 25.6 Å². The Morgan fingerprint density at radius 2 is 1.00 bits per heavy atom. The molecule has 0 N–H and O–H groups in total. The number of hydrogen-bond donors (Lipinski definition) is 0. The Kier molecular flexibility index (Phi) is 67.4. The van der Waals surface area contributed by atoms with Crippen LogP contribution in [0.5, 0.6) is 0 Å². The number of hydrogen-bond acceptors (Lipinski definition) is 1. The third-order valence-corrected chi connectivity index (χ3v) is 0. The van der Waals surface area contributed by atoms with Crippen molar-refractivity contribution in [2.24, 2.45) is 0 Å². The Labute approximate surface area is 88.9 Å². The van der Waals surface area contributed by atoms with Gasteiger partial charge in [-0.05, 0) is 0 Å². The van der Waals surface area contributed by atoms with E-state index in [9.17, 15) is 0 Å². The normalized spacial score (nSPS) is 1.00. The summed E-state index contributed by atoms with van der Waals surface area (Å²) in [4.78, 5) is 0. The van der Waals surface area contributed by atoms with E-state index in [0.29, 0.717) is 22.5 Å². The summed E-state index contributed by atoms with van der Waals surface area (Å²) >= 11 is 0.300. The molecule has 1 nitrogen and oxygen atoms in total. The van der Waals surface area contributed by atoms with Gasteiger partial charge in [0.05, 0.1) is 0 Å². The molecule has 0 bridgehead atoms. The van der Waals surface area contributed by atoms with E-state index in [4.69, 9.17) is 3.08 Å². The van der Waals surface area contributed by atoms with Crippen LogP contribution < -0.4 is 0 Å². The maximum absolute atomic E-state index is 8.34. The second kappa shape index (κ2) is 17.0. The Balaban J connectivity index is -0.00000000500. The molecule has 0 spiro atoms. The van der Waals surface area contributed by atoms with Gasteiger partial charge in [0.25, 0.3) is 0 Å². The zero-order valence-corrected chi connectivity index (χ0v) is 10.6. The quantitative estimate of drug-likeness (QED) is 0.551. The van der Waals surface area contributed by atoms with E-state index in [2.05, 4.69) is 0 Å². The van der Waals surface area contributed by atoms with Crippen molar-refractivity contribution in [1.82, 2.24) is 0 Å². The monoisotopic (exact) mass is 314 g/mol. The van der Waals surface area contributed by atoms with E-state index in [1.54, 1.807) is 0 Å². The predicted octanol–water partition coefficient (Wildman–Crippen LogP) is -0.505. The van der Waals surface area contributed by atoms with Crippen molar-refractivity contribution in [3.05, 3.63) is 0 Å². The summed E-state index contributed by atoms with van der Waals surface area (Å²) in [5.74, 6) is 0. The van der Waals surface area contributed by atoms with Crippen molar-refractivity contribution < 1.29 is 68.5 Å². The van der Waals surface area contributed by atoms with E-state index in [1.165, 1.54) is 0 Å². The van der Waals surface area contributed by atoms with E-state index < -0.39 is 0 Å². The molecule has 0 unspecified atom stereocenters. The molecule has 0 amide bonds. The van der Waals surface area contributed by atoms with Crippen LogP contribution in [0.3, 0.4) is 0 Å². The first-order valence-electron chi connectivity index (χ1n) is 0.204. The summed E-state index contributed by atoms with van der Waals surface area (Å²) in [5.41, 5.74) is 0. The van der Waals surface area contributed by atoms with Crippen molar-refractivity contribution in [2.75, 3.05) is 0 Å². The fraction of sp³-hybridized carbons (Fsp3) is 0. The van der Waals surface area contributed by atoms with Crippen LogP contribution in [-0.4, -0.2) is 22.5 Å². The van der Waals surface area contributed by atoms with E-state index in [-0.39, 0.29) is 65.4 Å². The van der Waals surface area contributed by atoms with Gasteiger partial charge < -0.3 is 0 Å².